The molecule has 0 fully saturated rings. The predicted octanol–water partition coefficient (Wildman–Crippen LogP) is 2.01. The third-order valence-corrected chi connectivity index (χ3v) is 4.69. The van der Waals surface area contributed by atoms with Gasteiger partial charge in [-0.25, -0.2) is 9.97 Å². The molecule has 0 spiro atoms. The highest BCUT2D eigenvalue weighted by Crippen LogP contribution is 2.35. The number of nitrogens with zero attached hydrogens (tertiary/aromatic N) is 3. The molecule has 3 N–H and O–H groups in total. The van der Waals surface area contributed by atoms with Crippen LogP contribution in [0.5, 0.6) is 11.5 Å². The van der Waals surface area contributed by atoms with E-state index >= 15 is 0 Å². The molecule has 1 aromatic carbocycles. The molecule has 31 heavy (non-hydrogen) atoms. The van der Waals surface area contributed by atoms with Crippen LogP contribution < -0.4 is 26.1 Å². The zero-order valence-corrected chi connectivity index (χ0v) is 17.5. The molecule has 0 aliphatic heterocycles. The second-order valence-electron chi connectivity index (χ2n) is 6.60. The first kappa shape index (κ1) is 21.8. The number of nitrogens with one attached hydrogen (secondary N) is 1. The number of methoxy groups -OCH3 is 1. The number of ketones is 1. The van der Waals surface area contributed by atoms with E-state index in [9.17, 15) is 14.4 Å². The van der Waals surface area contributed by atoms with Crippen molar-refractivity contribution in [3.05, 3.63) is 46.5 Å². The van der Waals surface area contributed by atoms with Crippen molar-refractivity contribution in [3.8, 4) is 11.5 Å². The number of anilines is 2. The van der Waals surface area contributed by atoms with E-state index in [1.54, 1.807) is 32.0 Å². The van der Waals surface area contributed by atoms with Crippen LogP contribution in [0.3, 0.4) is 0 Å². The van der Waals surface area contributed by atoms with Crippen molar-refractivity contribution in [2.45, 2.75) is 26.8 Å². The minimum atomic E-state index is -0.499. The monoisotopic (exact) mass is 425 g/mol. The van der Waals surface area contributed by atoms with Gasteiger partial charge in [0.2, 0.25) is 5.95 Å². The number of rotatable bonds is 8. The van der Waals surface area contributed by atoms with Crippen molar-refractivity contribution < 1.29 is 19.1 Å². The summed E-state index contributed by atoms with van der Waals surface area (Å²) in [7, 11) is 1.44. The molecule has 0 bridgehead atoms. The van der Waals surface area contributed by atoms with Gasteiger partial charge >= 0.3 is 0 Å². The van der Waals surface area contributed by atoms with Crippen molar-refractivity contribution in [2.75, 3.05) is 24.8 Å². The minimum absolute atomic E-state index is 0.0477. The van der Waals surface area contributed by atoms with Crippen LogP contribution in [-0.2, 0) is 11.3 Å². The van der Waals surface area contributed by atoms with Gasteiger partial charge in [0, 0.05) is 30.7 Å². The standard InChI is InChI=1S/C21H23N5O5/c1-4-13(27)11-31-16-7-6-14-15(18(16)30-3)8-17(26(5-2)20(14)29)25-19(28)12-9-23-21(22)24-10-12/h6-10H,4-5,11H2,1-3H3,(H,25,28)(H2,22,23,24). The number of ether oxygens (including phenoxy) is 2. The van der Waals surface area contributed by atoms with Gasteiger partial charge in [-0.2, -0.15) is 0 Å². The third-order valence-electron chi connectivity index (χ3n) is 4.69. The average Bonchev–Trinajstić information content (AvgIpc) is 2.77. The molecule has 1 amide bonds. The first-order valence-corrected chi connectivity index (χ1v) is 9.67. The largest absolute Gasteiger partial charge is 0.492 e. The Hall–Kier alpha value is -3.95. The fourth-order valence-corrected chi connectivity index (χ4v) is 3.02. The number of nitrogens with two attached hydrogens (primary N) is 1. The zero-order chi connectivity index (χ0) is 22.5. The number of pyridine rings is 1. The molecular weight excluding hydrogens is 402 g/mol. The summed E-state index contributed by atoms with van der Waals surface area (Å²) in [5.74, 6) is 0.374. The van der Waals surface area contributed by atoms with Crippen LogP contribution in [0.15, 0.2) is 35.4 Å². The van der Waals surface area contributed by atoms with Crippen molar-refractivity contribution in [1.82, 2.24) is 14.5 Å². The normalized spacial score (nSPS) is 10.7. The maximum absolute atomic E-state index is 13.1. The molecule has 0 saturated heterocycles. The van der Waals surface area contributed by atoms with E-state index in [1.165, 1.54) is 24.1 Å². The quantitative estimate of drug-likeness (QED) is 0.559. The summed E-state index contributed by atoms with van der Waals surface area (Å²) in [5, 5.41) is 3.55. The highest BCUT2D eigenvalue weighted by Gasteiger charge is 2.18. The first-order chi connectivity index (χ1) is 14.9. The van der Waals surface area contributed by atoms with Crippen LogP contribution in [0, 0.1) is 0 Å². The lowest BCUT2D eigenvalue weighted by Crippen LogP contribution is -2.25. The van der Waals surface area contributed by atoms with E-state index in [4.69, 9.17) is 15.2 Å². The van der Waals surface area contributed by atoms with Crippen LogP contribution in [-0.4, -0.2) is 39.9 Å². The fourth-order valence-electron chi connectivity index (χ4n) is 3.02. The highest BCUT2D eigenvalue weighted by molar-refractivity contribution is 6.04. The van der Waals surface area contributed by atoms with Gasteiger partial charge in [0.15, 0.2) is 17.3 Å². The number of hydrogen-bond acceptors (Lipinski definition) is 8. The number of fused-ring (bicyclic) bond motifs is 1. The lowest BCUT2D eigenvalue weighted by atomic mass is 10.1. The van der Waals surface area contributed by atoms with Gasteiger partial charge in [-0.15, -0.1) is 0 Å². The van der Waals surface area contributed by atoms with Crippen molar-refractivity contribution in [3.63, 3.8) is 0 Å². The molecule has 3 aromatic rings. The van der Waals surface area contributed by atoms with Gasteiger partial charge < -0.3 is 20.5 Å². The molecule has 0 unspecified atom stereocenters. The van der Waals surface area contributed by atoms with Gasteiger partial charge in [-0.1, -0.05) is 6.92 Å². The van der Waals surface area contributed by atoms with Crippen LogP contribution in [0.4, 0.5) is 11.8 Å². The lowest BCUT2D eigenvalue weighted by Gasteiger charge is -2.17. The second-order valence-corrected chi connectivity index (χ2v) is 6.60. The summed E-state index contributed by atoms with van der Waals surface area (Å²) in [6.45, 7) is 3.76. The lowest BCUT2D eigenvalue weighted by molar-refractivity contribution is -0.120. The Morgan fingerprint density at radius 3 is 2.48 bits per heavy atom. The smallest absolute Gasteiger partial charge is 0.260 e. The Kier molecular flexibility index (Phi) is 6.49. The molecule has 0 aliphatic carbocycles. The number of aromatic nitrogens is 3. The summed E-state index contributed by atoms with van der Waals surface area (Å²) < 4.78 is 12.5. The van der Waals surface area contributed by atoms with Gasteiger partial charge in [-0.05, 0) is 25.1 Å². The number of benzene rings is 1. The van der Waals surface area contributed by atoms with Gasteiger partial charge in [0.1, 0.15) is 12.4 Å². The van der Waals surface area contributed by atoms with E-state index in [1.807, 2.05) is 0 Å². The maximum atomic E-state index is 13.1. The summed E-state index contributed by atoms with van der Waals surface area (Å²) in [4.78, 5) is 44.9. The van der Waals surface area contributed by atoms with Gasteiger partial charge in [-0.3, -0.25) is 19.0 Å². The van der Waals surface area contributed by atoms with E-state index in [0.29, 0.717) is 35.2 Å². The van der Waals surface area contributed by atoms with Gasteiger partial charge in [0.25, 0.3) is 11.5 Å². The highest BCUT2D eigenvalue weighted by atomic mass is 16.5. The van der Waals surface area contributed by atoms with Crippen molar-refractivity contribution >= 4 is 34.2 Å². The third kappa shape index (κ3) is 4.47. The summed E-state index contributed by atoms with van der Waals surface area (Å²) >= 11 is 0. The molecule has 10 nitrogen and oxygen atoms in total. The number of nitrogen functional groups attached to an aromatic ring is 1. The molecular formula is C21H23N5O5. The number of hydrogen-bond donors (Lipinski definition) is 2. The van der Waals surface area contributed by atoms with Crippen molar-refractivity contribution in [1.29, 1.82) is 0 Å². The topological polar surface area (TPSA) is 138 Å². The summed E-state index contributed by atoms with van der Waals surface area (Å²) in [6, 6.07) is 4.83. The molecule has 0 aliphatic rings. The van der Waals surface area contributed by atoms with Crippen LogP contribution in [0.2, 0.25) is 0 Å². The van der Waals surface area contributed by atoms with Crippen LogP contribution in [0.1, 0.15) is 30.6 Å². The molecule has 2 aromatic heterocycles. The molecule has 0 saturated carbocycles. The Morgan fingerprint density at radius 2 is 1.87 bits per heavy atom. The number of carbonyl (C=O) groups is 2. The molecule has 3 rings (SSSR count). The molecule has 162 valence electrons. The number of carbonyl (C=O) groups excluding carboxylic acids is 2. The fraction of sp³-hybridized carbons (Fsp3) is 0.286. The average molecular weight is 425 g/mol. The Morgan fingerprint density at radius 1 is 1.16 bits per heavy atom. The Labute approximate surface area is 178 Å². The molecule has 2 heterocycles. The van der Waals surface area contributed by atoms with E-state index < -0.39 is 5.91 Å². The number of Topliss-reactive ketones (excluding diaryl/α,β-unsaturated/α-hetero) is 1. The molecule has 10 heteroatoms. The second kappa shape index (κ2) is 9.24. The Balaban J connectivity index is 2.08. The Bertz CT molecular complexity index is 1190. The first-order valence-electron chi connectivity index (χ1n) is 9.67. The molecule has 0 atom stereocenters. The SMILES string of the molecule is CCC(=O)COc1ccc2c(=O)n(CC)c(NC(=O)c3cnc(N)nc3)cc2c1OC. The minimum Gasteiger partial charge on any atom is -0.492 e. The molecule has 0 radical (unpaired) electrons. The van der Waals surface area contributed by atoms with Crippen LogP contribution >= 0.6 is 0 Å². The maximum Gasteiger partial charge on any atom is 0.260 e. The van der Waals surface area contributed by atoms with Gasteiger partial charge in [0.05, 0.1) is 18.1 Å². The van der Waals surface area contributed by atoms with Crippen molar-refractivity contribution in [2.24, 2.45) is 0 Å². The zero-order valence-electron chi connectivity index (χ0n) is 17.5. The summed E-state index contributed by atoms with van der Waals surface area (Å²) in [5.41, 5.74) is 5.34. The summed E-state index contributed by atoms with van der Waals surface area (Å²) in [6.07, 6.45) is 2.94. The number of amides is 1. The van der Waals surface area contributed by atoms with E-state index in [2.05, 4.69) is 15.3 Å². The van der Waals surface area contributed by atoms with E-state index in [0.717, 1.165) is 0 Å². The van der Waals surface area contributed by atoms with E-state index in [-0.39, 0.29) is 35.3 Å². The van der Waals surface area contributed by atoms with Crippen LogP contribution in [0.25, 0.3) is 10.8 Å². The predicted molar refractivity (Wildman–Crippen MR) is 116 cm³/mol.